The molecule has 3 nitrogen and oxygen atoms in total. The minimum absolute atomic E-state index is 0.0181. The first-order valence-corrected chi connectivity index (χ1v) is 7.05. The summed E-state index contributed by atoms with van der Waals surface area (Å²) in [7, 11) is 0. The summed E-state index contributed by atoms with van der Waals surface area (Å²) in [5.74, 6) is 0. The molecule has 2 rings (SSSR count). The number of β-amino-alcohol motifs (C(OH)–C–C–N with tert-alkyl or cyclic N) is 1. The van der Waals surface area contributed by atoms with Crippen LogP contribution in [0.25, 0.3) is 0 Å². The molecule has 1 unspecified atom stereocenters. The first-order chi connectivity index (χ1) is 8.29. The van der Waals surface area contributed by atoms with Crippen molar-refractivity contribution in [2.75, 3.05) is 24.5 Å². The minimum atomic E-state index is -0.719. The maximum absolute atomic E-state index is 10.4. The molecule has 1 aliphatic heterocycles. The molecule has 4 heteroatoms. The Morgan fingerprint density at radius 2 is 1.89 bits per heavy atom. The van der Waals surface area contributed by atoms with Crippen LogP contribution in [0.15, 0.2) is 28.7 Å². The van der Waals surface area contributed by atoms with E-state index in [2.05, 4.69) is 46.1 Å². The molecule has 0 spiro atoms. The summed E-state index contributed by atoms with van der Waals surface area (Å²) >= 11 is 3.59. The number of nitrogens with zero attached hydrogens (tertiary/aromatic N) is 1. The molecule has 1 aliphatic rings. The monoisotopic (exact) mass is 312 g/mol. The van der Waals surface area contributed by atoms with Crippen LogP contribution in [-0.4, -0.2) is 35.9 Å². The number of hydrogen-bond acceptors (Lipinski definition) is 3. The average molecular weight is 313 g/mol. The van der Waals surface area contributed by atoms with E-state index >= 15 is 0 Å². The van der Waals surface area contributed by atoms with Crippen LogP contribution in [0.2, 0.25) is 0 Å². The number of rotatable bonds is 1. The number of benzene rings is 1. The van der Waals surface area contributed by atoms with E-state index < -0.39 is 5.60 Å². The molecule has 1 aromatic carbocycles. The largest absolute Gasteiger partial charge is 0.387 e. The van der Waals surface area contributed by atoms with Crippen LogP contribution in [0.3, 0.4) is 0 Å². The zero-order valence-corrected chi connectivity index (χ0v) is 12.8. The molecule has 1 fully saturated rings. The fraction of sp³-hybridized carbons (Fsp3) is 0.571. The molecule has 1 aromatic rings. The lowest BCUT2D eigenvalue weighted by Gasteiger charge is -2.33. The Bertz CT molecular complexity index is 414. The second-order valence-electron chi connectivity index (χ2n) is 6.04. The quantitative estimate of drug-likeness (QED) is 0.836. The van der Waals surface area contributed by atoms with Crippen molar-refractivity contribution in [1.82, 2.24) is 5.32 Å². The number of anilines is 1. The van der Waals surface area contributed by atoms with Crippen LogP contribution < -0.4 is 10.2 Å². The Balaban J connectivity index is 2.33. The molecule has 0 aliphatic carbocycles. The summed E-state index contributed by atoms with van der Waals surface area (Å²) in [4.78, 5) is 2.24. The van der Waals surface area contributed by atoms with Crippen molar-refractivity contribution < 1.29 is 5.11 Å². The predicted octanol–water partition coefficient (Wildman–Crippen LogP) is 2.39. The van der Waals surface area contributed by atoms with Gasteiger partial charge >= 0.3 is 0 Å². The summed E-state index contributed by atoms with van der Waals surface area (Å²) < 4.78 is 1.07. The van der Waals surface area contributed by atoms with Crippen LogP contribution in [0.4, 0.5) is 5.69 Å². The summed E-state index contributed by atoms with van der Waals surface area (Å²) in [6.45, 7) is 8.32. The van der Waals surface area contributed by atoms with Gasteiger partial charge in [-0.1, -0.05) is 12.1 Å². The third-order valence-electron chi connectivity index (χ3n) is 3.26. The van der Waals surface area contributed by atoms with Gasteiger partial charge in [-0.15, -0.1) is 0 Å². The Morgan fingerprint density at radius 3 is 2.56 bits per heavy atom. The minimum Gasteiger partial charge on any atom is -0.387 e. The molecule has 1 saturated heterocycles. The van der Waals surface area contributed by atoms with Gasteiger partial charge in [-0.3, -0.25) is 0 Å². The Kier molecular flexibility index (Phi) is 3.72. The number of para-hydroxylation sites is 1. The first kappa shape index (κ1) is 13.8. The Hall–Kier alpha value is -0.580. The van der Waals surface area contributed by atoms with Gasteiger partial charge in [-0.05, 0) is 48.8 Å². The normalized spacial score (nSPS) is 27.9. The number of aliphatic hydroxyl groups is 1. The Labute approximate surface area is 117 Å². The van der Waals surface area contributed by atoms with E-state index in [0.717, 1.165) is 16.7 Å². The summed E-state index contributed by atoms with van der Waals surface area (Å²) in [6.07, 6.45) is 0. The van der Waals surface area contributed by atoms with Gasteiger partial charge < -0.3 is 15.3 Å². The average Bonchev–Trinajstić information content (AvgIpc) is 2.36. The highest BCUT2D eigenvalue weighted by atomic mass is 79.9. The van der Waals surface area contributed by atoms with Crippen molar-refractivity contribution in [2.45, 2.75) is 31.9 Å². The van der Waals surface area contributed by atoms with Gasteiger partial charge in [0, 0.05) is 29.6 Å². The van der Waals surface area contributed by atoms with E-state index in [4.69, 9.17) is 0 Å². The van der Waals surface area contributed by atoms with E-state index in [1.54, 1.807) is 0 Å². The highest BCUT2D eigenvalue weighted by Crippen LogP contribution is 2.29. The van der Waals surface area contributed by atoms with Crippen molar-refractivity contribution in [3.63, 3.8) is 0 Å². The zero-order chi connectivity index (χ0) is 13.4. The van der Waals surface area contributed by atoms with Crippen molar-refractivity contribution in [3.8, 4) is 0 Å². The number of nitrogens with one attached hydrogen (secondary N) is 1. The van der Waals surface area contributed by atoms with E-state index in [1.165, 1.54) is 0 Å². The summed E-state index contributed by atoms with van der Waals surface area (Å²) in [5, 5.41) is 13.8. The van der Waals surface area contributed by atoms with Crippen LogP contribution >= 0.6 is 15.9 Å². The van der Waals surface area contributed by atoms with Gasteiger partial charge in [-0.25, -0.2) is 0 Å². The standard InChI is InChI=1S/C14H21BrN2O/c1-13(2)9-17(10-14(3,18)8-16-13)12-7-5-4-6-11(12)15/h4-7,16,18H,8-10H2,1-3H3. The molecule has 1 atom stereocenters. The second-order valence-corrected chi connectivity index (χ2v) is 6.90. The lowest BCUT2D eigenvalue weighted by molar-refractivity contribution is 0.0696. The predicted molar refractivity (Wildman–Crippen MR) is 79.1 cm³/mol. The molecule has 0 amide bonds. The fourth-order valence-corrected chi connectivity index (χ4v) is 2.90. The van der Waals surface area contributed by atoms with Gasteiger partial charge in [0.15, 0.2) is 0 Å². The first-order valence-electron chi connectivity index (χ1n) is 6.26. The summed E-state index contributed by atoms with van der Waals surface area (Å²) in [5.41, 5.74) is 0.397. The van der Waals surface area contributed by atoms with Crippen molar-refractivity contribution in [3.05, 3.63) is 28.7 Å². The van der Waals surface area contributed by atoms with Gasteiger partial charge in [0.25, 0.3) is 0 Å². The molecule has 0 bridgehead atoms. The fourth-order valence-electron chi connectivity index (χ4n) is 2.36. The summed E-state index contributed by atoms with van der Waals surface area (Å²) in [6, 6.07) is 8.16. The number of hydrogen-bond donors (Lipinski definition) is 2. The third-order valence-corrected chi connectivity index (χ3v) is 3.93. The molecule has 100 valence electrons. The topological polar surface area (TPSA) is 35.5 Å². The highest BCUT2D eigenvalue weighted by Gasteiger charge is 2.34. The van der Waals surface area contributed by atoms with Gasteiger partial charge in [0.05, 0.1) is 11.3 Å². The van der Waals surface area contributed by atoms with E-state index in [1.807, 2.05) is 25.1 Å². The lowest BCUT2D eigenvalue weighted by atomic mass is 10.1. The Morgan fingerprint density at radius 1 is 1.22 bits per heavy atom. The van der Waals surface area contributed by atoms with E-state index in [9.17, 15) is 5.11 Å². The molecular weight excluding hydrogens is 292 g/mol. The van der Waals surface area contributed by atoms with Crippen LogP contribution in [0, 0.1) is 0 Å². The van der Waals surface area contributed by atoms with Crippen LogP contribution in [0.5, 0.6) is 0 Å². The highest BCUT2D eigenvalue weighted by molar-refractivity contribution is 9.10. The smallest absolute Gasteiger partial charge is 0.0917 e. The molecule has 0 radical (unpaired) electrons. The van der Waals surface area contributed by atoms with Crippen LogP contribution in [-0.2, 0) is 0 Å². The SMILES string of the molecule is CC1(O)CNC(C)(C)CN(c2ccccc2Br)C1. The number of halogens is 1. The second kappa shape index (κ2) is 4.83. The van der Waals surface area contributed by atoms with Gasteiger partial charge in [0.2, 0.25) is 0 Å². The maximum atomic E-state index is 10.4. The maximum Gasteiger partial charge on any atom is 0.0917 e. The molecule has 0 aromatic heterocycles. The zero-order valence-electron chi connectivity index (χ0n) is 11.2. The van der Waals surface area contributed by atoms with Crippen molar-refractivity contribution in [2.24, 2.45) is 0 Å². The lowest BCUT2D eigenvalue weighted by Crippen LogP contribution is -2.47. The van der Waals surface area contributed by atoms with E-state index in [0.29, 0.717) is 13.1 Å². The molecular formula is C14H21BrN2O. The van der Waals surface area contributed by atoms with Crippen molar-refractivity contribution >= 4 is 21.6 Å². The molecule has 1 heterocycles. The van der Waals surface area contributed by atoms with Crippen molar-refractivity contribution in [1.29, 1.82) is 0 Å². The van der Waals surface area contributed by atoms with E-state index in [-0.39, 0.29) is 5.54 Å². The third kappa shape index (κ3) is 3.25. The molecule has 18 heavy (non-hydrogen) atoms. The van der Waals surface area contributed by atoms with Gasteiger partial charge in [-0.2, -0.15) is 0 Å². The van der Waals surface area contributed by atoms with Gasteiger partial charge in [0.1, 0.15) is 0 Å². The van der Waals surface area contributed by atoms with Crippen LogP contribution in [0.1, 0.15) is 20.8 Å². The molecule has 0 saturated carbocycles. The molecule has 2 N–H and O–H groups in total.